The predicted molar refractivity (Wildman–Crippen MR) is 82.3 cm³/mol. The Labute approximate surface area is 174 Å². The number of phosphoric ester groups is 1. The van der Waals surface area contributed by atoms with E-state index >= 15 is 0 Å². The topological polar surface area (TPSA) is 250 Å². The Kier molecular flexibility index (Phi) is 15.9. The number of nitrogens with two attached hydrogens (primary N) is 2. The minimum absolute atomic E-state index is 0. The summed E-state index contributed by atoms with van der Waals surface area (Å²) in [6.07, 6.45) is -8.86. The first-order valence-electron chi connectivity index (χ1n) is 5.43. The van der Waals surface area contributed by atoms with Gasteiger partial charge in [-0.3, -0.25) is 4.89 Å². The summed E-state index contributed by atoms with van der Waals surface area (Å²) >= 11 is 0. The molecule has 14 nitrogen and oxygen atoms in total. The van der Waals surface area contributed by atoms with Crippen LogP contribution >= 0.6 is 20.2 Å². The Balaban J connectivity index is -0.000000367. The number of carbonyl (C=O) groups excluding carboxylic acids is 1. The fraction of sp³-hybridized carbons (Fsp3) is 0.714. The summed E-state index contributed by atoms with van der Waals surface area (Å²) in [5, 5.41) is 48.3. The number of rotatable bonds is 8. The maximum absolute atomic E-state index is 11.3. The monoisotopic (exact) mass is 426 g/mol. The Bertz CT molecular complexity index is 469. The van der Waals surface area contributed by atoms with Crippen molar-refractivity contribution in [3.05, 3.63) is 0 Å². The zero-order valence-electron chi connectivity index (χ0n) is 14.0. The summed E-state index contributed by atoms with van der Waals surface area (Å²) in [4.78, 5) is 20.4. The van der Waals surface area contributed by atoms with Gasteiger partial charge in [-0.05, 0) is 0 Å². The number of halogens is 1. The van der Waals surface area contributed by atoms with Crippen molar-refractivity contribution >= 4 is 69.9 Å². The fourth-order valence-electron chi connectivity index (χ4n) is 0.979. The van der Waals surface area contributed by atoms with Gasteiger partial charge in [-0.25, -0.2) is 14.8 Å². The second kappa shape index (κ2) is 13.3. The number of nitrogens with one attached hydrogen (secondary N) is 1. The number of nitrogens with zero attached hydrogens (tertiary/aromatic N) is 1. The summed E-state index contributed by atoms with van der Waals surface area (Å²) in [6, 6.07) is 0. The summed E-state index contributed by atoms with van der Waals surface area (Å²) in [5.74, 6) is 2.15. The number of phosphoric acid groups is 1. The van der Waals surface area contributed by atoms with Gasteiger partial charge in [0.1, 0.15) is 18.3 Å². The van der Waals surface area contributed by atoms with Crippen LogP contribution in [0, 0.1) is 0 Å². The summed E-state index contributed by atoms with van der Waals surface area (Å²) in [6.45, 7) is -0.983. The van der Waals surface area contributed by atoms with E-state index in [0.29, 0.717) is 0 Å². The Hall–Kier alpha value is 0.0397. The zero-order valence-corrected chi connectivity index (χ0v) is 15.9. The largest absolute Gasteiger partial charge is 2.00 e. The SMILES string of the molecule is Cl.NN=C(N)NOP(=O)(O)OC(=O)[C@H](O)[C@@H](O)[C@H](O)[C@H](O)CO.[Ca+2].[H-].[H-]. The maximum Gasteiger partial charge on any atom is 2.00 e. The third-order valence-corrected chi connectivity index (χ3v) is 2.84. The van der Waals surface area contributed by atoms with Crippen LogP contribution in [-0.4, -0.2) is 111 Å². The zero-order chi connectivity index (χ0) is 17.5. The van der Waals surface area contributed by atoms with Crippen molar-refractivity contribution in [2.75, 3.05) is 6.61 Å². The Morgan fingerprint density at radius 3 is 2.21 bits per heavy atom. The Morgan fingerprint density at radius 1 is 1.29 bits per heavy atom. The maximum atomic E-state index is 11.3. The van der Waals surface area contributed by atoms with Gasteiger partial charge in [0.25, 0.3) is 0 Å². The summed E-state index contributed by atoms with van der Waals surface area (Å²) in [7, 11) is -5.11. The molecule has 0 aliphatic heterocycles. The molecule has 0 rings (SSSR count). The predicted octanol–water partition coefficient (Wildman–Crippen LogP) is -4.96. The molecule has 0 heterocycles. The smallest absolute Gasteiger partial charge is 1.00 e. The van der Waals surface area contributed by atoms with E-state index in [1.807, 2.05) is 0 Å². The summed E-state index contributed by atoms with van der Waals surface area (Å²) in [5.41, 5.74) is 6.49. The van der Waals surface area contributed by atoms with E-state index in [4.69, 9.17) is 20.8 Å². The van der Waals surface area contributed by atoms with Crippen LogP contribution in [0.5, 0.6) is 0 Å². The van der Waals surface area contributed by atoms with Crippen LogP contribution in [0.3, 0.4) is 0 Å². The van der Waals surface area contributed by atoms with Crippen LogP contribution in [0.15, 0.2) is 5.10 Å². The van der Waals surface area contributed by atoms with Crippen molar-refractivity contribution in [2.45, 2.75) is 24.4 Å². The number of guanidine groups is 1. The van der Waals surface area contributed by atoms with E-state index in [2.05, 4.69) is 20.1 Å². The molecule has 0 aromatic heterocycles. The first-order valence-corrected chi connectivity index (χ1v) is 6.92. The van der Waals surface area contributed by atoms with Gasteiger partial charge in [-0.2, -0.15) is 4.62 Å². The number of hydrazone groups is 1. The molecule has 0 spiro atoms. The second-order valence-electron chi connectivity index (χ2n) is 3.76. The molecule has 142 valence electrons. The molecule has 0 aromatic rings. The van der Waals surface area contributed by atoms with E-state index in [1.54, 1.807) is 5.48 Å². The van der Waals surface area contributed by atoms with E-state index < -0.39 is 50.8 Å². The molecular formula is C7H20CaClN4O10P. The van der Waals surface area contributed by atoms with Crippen molar-refractivity contribution in [1.29, 1.82) is 0 Å². The molecule has 0 radical (unpaired) electrons. The second-order valence-corrected chi connectivity index (χ2v) is 5.06. The molecule has 0 bridgehead atoms. The Morgan fingerprint density at radius 2 is 1.79 bits per heavy atom. The van der Waals surface area contributed by atoms with Crippen molar-refractivity contribution < 1.29 is 51.8 Å². The van der Waals surface area contributed by atoms with Gasteiger partial charge in [0.15, 0.2) is 6.10 Å². The molecular weight excluding hydrogens is 407 g/mol. The molecule has 0 saturated heterocycles. The number of hydroxylamine groups is 1. The van der Waals surface area contributed by atoms with E-state index in [-0.39, 0.29) is 53.0 Å². The van der Waals surface area contributed by atoms with Crippen LogP contribution in [0.2, 0.25) is 0 Å². The van der Waals surface area contributed by atoms with Crippen molar-refractivity contribution in [3.63, 3.8) is 0 Å². The average molecular weight is 427 g/mol. The number of hydrogen-bond acceptors (Lipinski definition) is 11. The molecule has 0 fully saturated rings. The van der Waals surface area contributed by atoms with E-state index in [1.165, 1.54) is 0 Å². The van der Waals surface area contributed by atoms with Gasteiger partial charge in [-0.15, -0.1) is 17.5 Å². The average Bonchev–Trinajstić information content (AvgIpc) is 2.48. The normalized spacial score (nSPS) is 18.7. The van der Waals surface area contributed by atoms with E-state index in [0.717, 1.165) is 0 Å². The molecule has 1 unspecified atom stereocenters. The number of carbonyl (C=O) groups is 1. The minimum Gasteiger partial charge on any atom is -1.00 e. The molecule has 5 atom stereocenters. The molecule has 0 aliphatic rings. The van der Waals surface area contributed by atoms with Crippen molar-refractivity contribution in [2.24, 2.45) is 16.7 Å². The van der Waals surface area contributed by atoms with Gasteiger partial charge >= 0.3 is 51.5 Å². The molecule has 24 heavy (non-hydrogen) atoms. The third kappa shape index (κ3) is 10.1. The first-order chi connectivity index (χ1) is 10.1. The van der Waals surface area contributed by atoms with Gasteiger partial charge in [-0.1, -0.05) is 0 Å². The van der Waals surface area contributed by atoms with E-state index in [9.17, 15) is 24.7 Å². The molecule has 0 aliphatic carbocycles. The molecule has 17 heteroatoms. The quantitative estimate of drug-likeness (QED) is 0.0440. The first kappa shape index (κ1) is 28.8. The van der Waals surface area contributed by atoms with Crippen LogP contribution in [0.4, 0.5) is 0 Å². The molecule has 0 aromatic carbocycles. The number of aliphatic hydroxyl groups is 5. The summed E-state index contributed by atoms with van der Waals surface area (Å²) < 4.78 is 19.1. The minimum atomic E-state index is -5.11. The molecule has 0 amide bonds. The van der Waals surface area contributed by atoms with Crippen molar-refractivity contribution in [1.82, 2.24) is 5.48 Å². The van der Waals surface area contributed by atoms with Gasteiger partial charge in [0, 0.05) is 0 Å². The number of aliphatic hydroxyl groups excluding tert-OH is 5. The number of hydrogen-bond donors (Lipinski definition) is 9. The molecule has 0 saturated carbocycles. The fourth-order valence-corrected chi connectivity index (χ4v) is 1.56. The van der Waals surface area contributed by atoms with Gasteiger partial charge < -0.3 is 44.5 Å². The van der Waals surface area contributed by atoms with Crippen molar-refractivity contribution in [3.8, 4) is 0 Å². The van der Waals surface area contributed by atoms with Crippen LogP contribution < -0.4 is 17.1 Å². The van der Waals surface area contributed by atoms with Gasteiger partial charge in [0.05, 0.1) is 6.61 Å². The third-order valence-electron chi connectivity index (χ3n) is 2.11. The molecule has 11 N–H and O–H groups in total. The van der Waals surface area contributed by atoms with Crippen LogP contribution in [0.1, 0.15) is 2.85 Å². The van der Waals surface area contributed by atoms with Crippen LogP contribution in [0.25, 0.3) is 0 Å². The van der Waals surface area contributed by atoms with Crippen LogP contribution in [-0.2, 0) is 18.5 Å². The van der Waals surface area contributed by atoms with Gasteiger partial charge in [0.2, 0.25) is 5.96 Å². The standard InChI is InChI=1S/C7H17N4O10P.Ca.ClH.2H/c8-7(10-9)11-21-22(18,19)20-6(17)5(16)4(15)3(14)2(13)1-12;;;;/h2-5,12-16H,1,9H2,(H,18,19)(H3,8,10,11);;1H;;/q;+2;;2*-1/t2-,3-,4+,5-;;;;/m1..../s1.